The van der Waals surface area contributed by atoms with Crippen molar-refractivity contribution >= 4 is 57.7 Å². The molecule has 5 rings (SSSR count). The Balaban J connectivity index is 1.49. The average Bonchev–Trinajstić information content (AvgIpc) is 3.31. The molecule has 9 nitrogen and oxygen atoms in total. The molecule has 2 aliphatic carbocycles. The zero-order valence-electron chi connectivity index (χ0n) is 16.8. The molecule has 1 amide bonds. The maximum Gasteiger partial charge on any atom is 0.229 e. The van der Waals surface area contributed by atoms with Crippen molar-refractivity contribution in [1.29, 1.82) is 0 Å². The fourth-order valence-corrected chi connectivity index (χ4v) is 5.42. The summed E-state index contributed by atoms with van der Waals surface area (Å²) in [7, 11) is 1.52. The molecule has 1 aromatic carbocycles. The van der Waals surface area contributed by atoms with Crippen molar-refractivity contribution in [2.24, 2.45) is 11.3 Å². The second-order valence-corrected chi connectivity index (χ2v) is 9.29. The smallest absolute Gasteiger partial charge is 0.229 e. The van der Waals surface area contributed by atoms with Crippen LogP contribution in [-0.4, -0.2) is 54.9 Å². The van der Waals surface area contributed by atoms with Crippen molar-refractivity contribution in [3.63, 3.8) is 0 Å². The molecular formula is C20H19Cl3N6O3. The van der Waals surface area contributed by atoms with Crippen molar-refractivity contribution in [3.8, 4) is 0 Å². The molecule has 0 radical (unpaired) electrons. The summed E-state index contributed by atoms with van der Waals surface area (Å²) < 4.78 is 1.66. The van der Waals surface area contributed by atoms with Crippen LogP contribution in [0.5, 0.6) is 0 Å². The molecule has 2 aliphatic rings. The van der Waals surface area contributed by atoms with Crippen LogP contribution in [0.4, 0.5) is 5.82 Å². The standard InChI is InChI=1S/C20H19Cl3N6O3/c1-24-18(32)20-5-10(20)13(14(30)15(20)31)29-7-26-12-16(27-19(23)28-17(12)29)25-6-8-4-9(21)2-3-11(8)22/h2-4,7,10,13-15,30-31H,5-6H2,1H3,(H,24,32)(H,25,27,28)/t10-,13+,14+,15+,20+/m1/s1. The molecule has 4 N–H and O–H groups in total. The molecule has 3 aromatic rings. The number of hydrogen-bond donors (Lipinski definition) is 4. The largest absolute Gasteiger partial charge is 0.389 e. The topological polar surface area (TPSA) is 125 Å². The van der Waals surface area contributed by atoms with Gasteiger partial charge in [0.15, 0.2) is 17.0 Å². The van der Waals surface area contributed by atoms with Crippen LogP contribution >= 0.6 is 34.8 Å². The molecule has 0 spiro atoms. The van der Waals surface area contributed by atoms with Crippen molar-refractivity contribution in [2.75, 3.05) is 12.4 Å². The number of fused-ring (bicyclic) bond motifs is 2. The number of aliphatic hydroxyl groups excluding tert-OH is 2. The van der Waals surface area contributed by atoms with Gasteiger partial charge in [-0.2, -0.15) is 9.97 Å². The fourth-order valence-electron chi connectivity index (χ4n) is 4.88. The number of aromatic nitrogens is 4. The second kappa shape index (κ2) is 7.71. The van der Waals surface area contributed by atoms with Crippen LogP contribution in [0.2, 0.25) is 15.3 Å². The van der Waals surface area contributed by atoms with E-state index in [4.69, 9.17) is 34.8 Å². The first-order chi connectivity index (χ1) is 15.3. The number of hydrogen-bond acceptors (Lipinski definition) is 7. The first kappa shape index (κ1) is 21.7. The number of aliphatic hydroxyl groups is 2. The first-order valence-electron chi connectivity index (χ1n) is 9.94. The minimum absolute atomic E-state index is 0.0136. The molecule has 2 heterocycles. The van der Waals surface area contributed by atoms with Crippen LogP contribution in [0.15, 0.2) is 24.5 Å². The van der Waals surface area contributed by atoms with Gasteiger partial charge in [0.05, 0.1) is 23.9 Å². The van der Waals surface area contributed by atoms with Crippen LogP contribution in [0.3, 0.4) is 0 Å². The molecule has 0 aliphatic heterocycles. The van der Waals surface area contributed by atoms with Gasteiger partial charge in [-0.1, -0.05) is 23.2 Å². The third-order valence-electron chi connectivity index (χ3n) is 6.49. The van der Waals surface area contributed by atoms with E-state index in [0.717, 1.165) is 5.56 Å². The number of anilines is 1. The van der Waals surface area contributed by atoms with Gasteiger partial charge in [0, 0.05) is 29.6 Å². The Hall–Kier alpha value is -2.17. The molecular weight excluding hydrogens is 479 g/mol. The van der Waals surface area contributed by atoms with Gasteiger partial charge < -0.3 is 25.4 Å². The number of nitrogens with zero attached hydrogens (tertiary/aromatic N) is 4. The van der Waals surface area contributed by atoms with Crippen LogP contribution in [0.1, 0.15) is 18.0 Å². The van der Waals surface area contributed by atoms with Gasteiger partial charge >= 0.3 is 0 Å². The zero-order valence-corrected chi connectivity index (χ0v) is 19.0. The molecule has 32 heavy (non-hydrogen) atoms. The SMILES string of the molecule is CNC(=O)[C@@]12C[C@@H]1[C@H](n1cnc3c(NCc4cc(Cl)ccc4Cl)nc(Cl)nc31)[C@H](O)[C@@H]2O. The quantitative estimate of drug-likeness (QED) is 0.399. The molecule has 2 fully saturated rings. The number of nitrogens with one attached hydrogen (secondary N) is 2. The van der Waals surface area contributed by atoms with Gasteiger partial charge in [0.2, 0.25) is 11.2 Å². The fraction of sp³-hybridized carbons (Fsp3) is 0.400. The highest BCUT2D eigenvalue weighted by atomic mass is 35.5. The van der Waals surface area contributed by atoms with Crippen LogP contribution < -0.4 is 10.6 Å². The van der Waals surface area contributed by atoms with Crippen molar-refractivity contribution in [1.82, 2.24) is 24.8 Å². The third-order valence-corrected chi connectivity index (χ3v) is 7.26. The summed E-state index contributed by atoms with van der Waals surface area (Å²) in [5.74, 6) is -0.147. The highest BCUT2D eigenvalue weighted by Crippen LogP contribution is 2.67. The number of amides is 1. The van der Waals surface area contributed by atoms with Crippen LogP contribution in [0, 0.1) is 11.3 Å². The maximum atomic E-state index is 12.4. The Labute approximate surface area is 197 Å². The Morgan fingerprint density at radius 1 is 1.28 bits per heavy atom. The number of halogens is 3. The number of carbonyl (C=O) groups excluding carboxylic acids is 1. The lowest BCUT2D eigenvalue weighted by Crippen LogP contribution is -2.41. The number of benzene rings is 1. The van der Waals surface area contributed by atoms with Crippen molar-refractivity contribution in [2.45, 2.75) is 31.2 Å². The van der Waals surface area contributed by atoms with Gasteiger partial charge in [-0.05, 0) is 41.8 Å². The van der Waals surface area contributed by atoms with E-state index in [-0.39, 0.29) is 17.1 Å². The summed E-state index contributed by atoms with van der Waals surface area (Å²) in [5.41, 5.74) is 0.591. The Kier molecular flexibility index (Phi) is 5.22. The Bertz CT molecular complexity index is 1240. The normalized spacial score (nSPS) is 28.6. The lowest BCUT2D eigenvalue weighted by molar-refractivity contribution is -0.132. The minimum Gasteiger partial charge on any atom is -0.389 e. The van der Waals surface area contributed by atoms with E-state index < -0.39 is 23.7 Å². The highest BCUT2D eigenvalue weighted by Gasteiger charge is 2.75. The van der Waals surface area contributed by atoms with E-state index in [1.54, 1.807) is 22.8 Å². The molecule has 0 bridgehead atoms. The zero-order chi connectivity index (χ0) is 22.8. The van der Waals surface area contributed by atoms with Gasteiger partial charge in [-0.25, -0.2) is 4.98 Å². The molecule has 2 saturated carbocycles. The average molecular weight is 498 g/mol. The van der Waals surface area contributed by atoms with Gasteiger partial charge in [-0.3, -0.25) is 4.79 Å². The molecule has 168 valence electrons. The Morgan fingerprint density at radius 2 is 2.06 bits per heavy atom. The Morgan fingerprint density at radius 3 is 2.81 bits per heavy atom. The van der Waals surface area contributed by atoms with Crippen LogP contribution in [0.25, 0.3) is 11.2 Å². The van der Waals surface area contributed by atoms with Crippen molar-refractivity contribution in [3.05, 3.63) is 45.4 Å². The maximum absolute atomic E-state index is 12.4. The summed E-state index contributed by atoms with van der Waals surface area (Å²) in [6.45, 7) is 0.321. The molecule has 2 aromatic heterocycles. The van der Waals surface area contributed by atoms with E-state index in [2.05, 4.69) is 25.6 Å². The minimum atomic E-state index is -1.19. The predicted molar refractivity (Wildman–Crippen MR) is 120 cm³/mol. The third kappa shape index (κ3) is 3.14. The summed E-state index contributed by atoms with van der Waals surface area (Å²) in [5, 5.41) is 28.2. The number of carbonyl (C=O) groups is 1. The van der Waals surface area contributed by atoms with Gasteiger partial charge in [0.1, 0.15) is 6.10 Å². The second-order valence-electron chi connectivity index (χ2n) is 8.11. The van der Waals surface area contributed by atoms with E-state index in [1.807, 2.05) is 0 Å². The molecule has 0 unspecified atom stereocenters. The lowest BCUT2D eigenvalue weighted by atomic mass is 9.98. The van der Waals surface area contributed by atoms with E-state index in [9.17, 15) is 15.0 Å². The number of rotatable bonds is 5. The van der Waals surface area contributed by atoms with Crippen LogP contribution in [-0.2, 0) is 11.3 Å². The molecule has 5 atom stereocenters. The van der Waals surface area contributed by atoms with Crippen molar-refractivity contribution < 1.29 is 15.0 Å². The molecule has 0 saturated heterocycles. The molecule has 12 heteroatoms. The van der Waals surface area contributed by atoms with E-state index in [1.165, 1.54) is 13.4 Å². The van der Waals surface area contributed by atoms with Gasteiger partial charge in [-0.15, -0.1) is 0 Å². The summed E-state index contributed by atoms with van der Waals surface area (Å²) in [6.07, 6.45) is -0.355. The monoisotopic (exact) mass is 496 g/mol. The van der Waals surface area contributed by atoms with E-state index >= 15 is 0 Å². The predicted octanol–water partition coefficient (Wildman–Crippen LogP) is 2.43. The summed E-state index contributed by atoms with van der Waals surface area (Å²) in [4.78, 5) is 25.4. The highest BCUT2D eigenvalue weighted by molar-refractivity contribution is 6.33. The van der Waals surface area contributed by atoms with E-state index in [0.29, 0.717) is 40.0 Å². The summed E-state index contributed by atoms with van der Waals surface area (Å²) >= 11 is 18.5. The first-order valence-corrected chi connectivity index (χ1v) is 11.1. The van der Waals surface area contributed by atoms with Gasteiger partial charge in [0.25, 0.3) is 0 Å². The summed E-state index contributed by atoms with van der Waals surface area (Å²) in [6, 6.07) is 4.58. The lowest BCUT2D eigenvalue weighted by Gasteiger charge is -2.23. The number of imidazole rings is 1.